The van der Waals surface area contributed by atoms with E-state index in [1.807, 2.05) is 0 Å². The molecule has 0 spiro atoms. The second kappa shape index (κ2) is 9.86. The van der Waals surface area contributed by atoms with Gasteiger partial charge >= 0.3 is 0 Å². The summed E-state index contributed by atoms with van der Waals surface area (Å²) in [5.74, 6) is -0.356. The maximum Gasteiger partial charge on any atom is 0.271 e. The van der Waals surface area contributed by atoms with E-state index in [4.69, 9.17) is 0 Å². The van der Waals surface area contributed by atoms with Crippen molar-refractivity contribution < 1.29 is 18.1 Å². The molecule has 0 aromatic heterocycles. The third-order valence-corrected chi connectivity index (χ3v) is 6.26. The maximum absolute atomic E-state index is 13.0. The van der Waals surface area contributed by atoms with E-state index in [1.54, 1.807) is 6.92 Å². The summed E-state index contributed by atoms with van der Waals surface area (Å²) < 4.78 is 26.0. The number of nitro benzene ring substituents is 1. The van der Waals surface area contributed by atoms with Gasteiger partial charge in [0.25, 0.3) is 5.69 Å². The van der Waals surface area contributed by atoms with Crippen LogP contribution in [0.15, 0.2) is 24.3 Å². The summed E-state index contributed by atoms with van der Waals surface area (Å²) in [5.41, 5.74) is -0.0993. The molecule has 1 atom stereocenters. The summed E-state index contributed by atoms with van der Waals surface area (Å²) >= 11 is 0. The molecule has 1 aliphatic carbocycles. The summed E-state index contributed by atoms with van der Waals surface area (Å²) in [4.78, 5) is 23.5. The first-order chi connectivity index (χ1) is 13.2. The fraction of sp³-hybridized carbons (Fsp3) is 0.632. The lowest BCUT2D eigenvalue weighted by molar-refractivity contribution is -0.384. The van der Waals surface area contributed by atoms with Crippen molar-refractivity contribution in [2.45, 2.75) is 70.4 Å². The Morgan fingerprint density at radius 3 is 2.39 bits per heavy atom. The maximum atomic E-state index is 13.0. The molecule has 0 aliphatic heterocycles. The van der Waals surface area contributed by atoms with Gasteiger partial charge in [0.15, 0.2) is 0 Å². The Hall–Kier alpha value is -2.16. The van der Waals surface area contributed by atoms with Crippen LogP contribution in [0.1, 0.15) is 58.3 Å². The molecule has 1 amide bonds. The number of nitrogens with one attached hydrogen (secondary N) is 1. The summed E-state index contributed by atoms with van der Waals surface area (Å²) in [6.45, 7) is 1.73. The van der Waals surface area contributed by atoms with Gasteiger partial charge in [-0.05, 0) is 25.3 Å². The zero-order chi connectivity index (χ0) is 20.7. The zero-order valence-corrected chi connectivity index (χ0v) is 17.3. The van der Waals surface area contributed by atoms with Crippen LogP contribution in [0.3, 0.4) is 0 Å². The van der Waals surface area contributed by atoms with Crippen LogP contribution in [0.2, 0.25) is 0 Å². The second-order valence-corrected chi connectivity index (χ2v) is 9.17. The van der Waals surface area contributed by atoms with Gasteiger partial charge in [0.1, 0.15) is 6.04 Å². The SMILES string of the molecule is CC[C@@H](C(=O)NC1CCCCCCC1)N(c1cccc([N+](=O)[O-])c1)S(C)(=O)=O. The highest BCUT2D eigenvalue weighted by Gasteiger charge is 2.33. The Labute approximate surface area is 166 Å². The molecule has 28 heavy (non-hydrogen) atoms. The number of rotatable bonds is 7. The molecule has 1 aromatic carbocycles. The van der Waals surface area contributed by atoms with E-state index in [9.17, 15) is 23.3 Å². The van der Waals surface area contributed by atoms with E-state index in [0.29, 0.717) is 0 Å². The molecule has 1 saturated carbocycles. The summed E-state index contributed by atoms with van der Waals surface area (Å²) in [6, 6.07) is 4.45. The van der Waals surface area contributed by atoms with Crippen LogP contribution in [-0.4, -0.2) is 37.6 Å². The number of carbonyl (C=O) groups excluding carboxylic acids is 1. The molecule has 1 aromatic rings. The predicted molar refractivity (Wildman–Crippen MR) is 109 cm³/mol. The highest BCUT2D eigenvalue weighted by Crippen LogP contribution is 2.27. The average molecular weight is 412 g/mol. The molecule has 9 heteroatoms. The van der Waals surface area contributed by atoms with Crippen LogP contribution < -0.4 is 9.62 Å². The van der Waals surface area contributed by atoms with E-state index < -0.39 is 21.0 Å². The number of non-ortho nitro benzene ring substituents is 1. The Bertz CT molecular complexity index is 789. The van der Waals surface area contributed by atoms with Crippen molar-refractivity contribution in [3.8, 4) is 0 Å². The fourth-order valence-corrected chi connectivity index (χ4v) is 4.91. The van der Waals surface area contributed by atoms with Crippen molar-refractivity contribution >= 4 is 27.3 Å². The lowest BCUT2D eigenvalue weighted by Crippen LogP contribution is -2.51. The van der Waals surface area contributed by atoms with Gasteiger partial charge in [-0.3, -0.25) is 19.2 Å². The first kappa shape index (κ1) is 22.1. The smallest absolute Gasteiger partial charge is 0.271 e. The molecular weight excluding hydrogens is 382 g/mol. The minimum absolute atomic E-state index is 0.0355. The van der Waals surface area contributed by atoms with E-state index in [1.165, 1.54) is 30.7 Å². The second-order valence-electron chi connectivity index (χ2n) is 7.31. The number of nitrogens with zero attached hydrogens (tertiary/aromatic N) is 2. The van der Waals surface area contributed by atoms with Crippen LogP contribution in [0, 0.1) is 10.1 Å². The van der Waals surface area contributed by atoms with Crippen molar-refractivity contribution in [3.63, 3.8) is 0 Å². The van der Waals surface area contributed by atoms with Gasteiger partial charge < -0.3 is 5.32 Å². The van der Waals surface area contributed by atoms with E-state index >= 15 is 0 Å². The summed E-state index contributed by atoms with van der Waals surface area (Å²) in [7, 11) is -3.82. The molecule has 0 radical (unpaired) electrons. The standard InChI is InChI=1S/C19H29N3O5S/c1-3-18(19(23)20-15-10-7-5-4-6-8-11-15)21(28(2,26)27)16-12-9-13-17(14-16)22(24)25/h9,12-15,18H,3-8,10-11H2,1-2H3,(H,20,23)/t18-/m0/s1. The van der Waals surface area contributed by atoms with Crippen molar-refractivity contribution in [2.75, 3.05) is 10.6 Å². The van der Waals surface area contributed by atoms with Crippen molar-refractivity contribution in [1.29, 1.82) is 0 Å². The van der Waals surface area contributed by atoms with Gasteiger partial charge in [0, 0.05) is 18.2 Å². The third kappa shape index (κ3) is 5.92. The van der Waals surface area contributed by atoms with Gasteiger partial charge in [-0.25, -0.2) is 8.42 Å². The minimum Gasteiger partial charge on any atom is -0.352 e. The monoisotopic (exact) mass is 411 g/mol. The molecule has 0 saturated heterocycles. The lowest BCUT2D eigenvalue weighted by Gasteiger charge is -2.31. The Morgan fingerprint density at radius 1 is 1.25 bits per heavy atom. The molecule has 156 valence electrons. The van der Waals surface area contributed by atoms with Crippen LogP contribution in [0.4, 0.5) is 11.4 Å². The molecule has 1 fully saturated rings. The topological polar surface area (TPSA) is 110 Å². The summed E-state index contributed by atoms with van der Waals surface area (Å²) in [6.07, 6.45) is 8.64. The number of hydrogen-bond donors (Lipinski definition) is 1. The Morgan fingerprint density at radius 2 is 1.86 bits per heavy atom. The number of sulfonamides is 1. The van der Waals surface area contributed by atoms with Gasteiger partial charge in [-0.1, -0.05) is 45.1 Å². The lowest BCUT2D eigenvalue weighted by atomic mass is 9.96. The molecule has 8 nitrogen and oxygen atoms in total. The number of amides is 1. The first-order valence-electron chi connectivity index (χ1n) is 9.78. The van der Waals surface area contributed by atoms with Crippen molar-refractivity contribution in [1.82, 2.24) is 5.32 Å². The molecule has 0 bridgehead atoms. The Balaban J connectivity index is 2.28. The number of benzene rings is 1. The number of hydrogen-bond acceptors (Lipinski definition) is 5. The minimum atomic E-state index is -3.82. The highest BCUT2D eigenvalue weighted by atomic mass is 32.2. The van der Waals surface area contributed by atoms with Crippen molar-refractivity contribution in [3.05, 3.63) is 34.4 Å². The largest absolute Gasteiger partial charge is 0.352 e. The predicted octanol–water partition coefficient (Wildman–Crippen LogP) is 3.37. The first-order valence-corrected chi connectivity index (χ1v) is 11.6. The molecule has 1 N–H and O–H groups in total. The molecular formula is C19H29N3O5S. The van der Waals surface area contributed by atoms with Gasteiger partial charge in [-0.15, -0.1) is 0 Å². The van der Waals surface area contributed by atoms with Gasteiger partial charge in [-0.2, -0.15) is 0 Å². The van der Waals surface area contributed by atoms with Crippen LogP contribution in [-0.2, 0) is 14.8 Å². The highest BCUT2D eigenvalue weighted by molar-refractivity contribution is 7.92. The molecule has 1 aliphatic rings. The number of nitro groups is 1. The number of anilines is 1. The summed E-state index contributed by atoms with van der Waals surface area (Å²) in [5, 5.41) is 14.1. The third-order valence-electron chi connectivity index (χ3n) is 5.08. The number of carbonyl (C=O) groups is 1. The Kier molecular flexibility index (Phi) is 7.79. The van der Waals surface area contributed by atoms with E-state index in [-0.39, 0.29) is 29.7 Å². The molecule has 0 heterocycles. The van der Waals surface area contributed by atoms with Crippen LogP contribution >= 0.6 is 0 Å². The van der Waals surface area contributed by atoms with Crippen LogP contribution in [0.25, 0.3) is 0 Å². The van der Waals surface area contributed by atoms with Crippen molar-refractivity contribution in [2.24, 2.45) is 0 Å². The zero-order valence-electron chi connectivity index (χ0n) is 16.5. The quantitative estimate of drug-likeness (QED) is 0.546. The molecule has 0 unspecified atom stereocenters. The molecule has 2 rings (SSSR count). The van der Waals surface area contributed by atoms with E-state index in [0.717, 1.165) is 49.1 Å². The average Bonchev–Trinajstić information content (AvgIpc) is 2.60. The van der Waals surface area contributed by atoms with E-state index in [2.05, 4.69) is 5.32 Å². The van der Waals surface area contributed by atoms with Gasteiger partial charge in [0.2, 0.25) is 15.9 Å². The fourth-order valence-electron chi connectivity index (χ4n) is 3.70. The van der Waals surface area contributed by atoms with Gasteiger partial charge in [0.05, 0.1) is 16.9 Å². The normalized spacial score (nSPS) is 17.2. The van der Waals surface area contributed by atoms with Crippen LogP contribution in [0.5, 0.6) is 0 Å².